The largest absolute Gasteiger partial charge is 0.467 e. The van der Waals surface area contributed by atoms with Gasteiger partial charge in [-0.3, -0.25) is 4.79 Å². The first-order chi connectivity index (χ1) is 9.69. The molecule has 4 nitrogen and oxygen atoms in total. The molecular weight excluding hydrogens is 254 g/mol. The van der Waals surface area contributed by atoms with Crippen molar-refractivity contribution in [1.82, 2.24) is 4.90 Å². The molecule has 1 fully saturated rings. The fourth-order valence-electron chi connectivity index (χ4n) is 2.90. The zero-order valence-electron chi connectivity index (χ0n) is 12.0. The van der Waals surface area contributed by atoms with Gasteiger partial charge < -0.3 is 9.64 Å². The fourth-order valence-corrected chi connectivity index (χ4v) is 2.90. The number of amides is 1. The van der Waals surface area contributed by atoms with E-state index in [0.29, 0.717) is 12.0 Å². The Morgan fingerprint density at radius 2 is 1.95 bits per heavy atom. The second-order valence-electron chi connectivity index (χ2n) is 5.14. The SMILES string of the molecule is CCC[C@H]1CC[C@@H](C(=O)OC)N1C(=O)c1ccccc1. The van der Waals surface area contributed by atoms with Crippen molar-refractivity contribution in [1.29, 1.82) is 0 Å². The lowest BCUT2D eigenvalue weighted by Gasteiger charge is -2.29. The predicted octanol–water partition coefficient (Wildman–Crippen LogP) is 2.63. The van der Waals surface area contributed by atoms with E-state index in [1.165, 1.54) is 7.11 Å². The van der Waals surface area contributed by atoms with Gasteiger partial charge in [0.1, 0.15) is 6.04 Å². The number of methoxy groups -OCH3 is 1. The zero-order valence-corrected chi connectivity index (χ0v) is 12.0. The number of carbonyl (C=O) groups is 2. The van der Waals surface area contributed by atoms with E-state index in [-0.39, 0.29) is 17.9 Å². The molecule has 1 aliphatic rings. The summed E-state index contributed by atoms with van der Waals surface area (Å²) < 4.78 is 4.84. The highest BCUT2D eigenvalue weighted by Crippen LogP contribution is 2.29. The molecule has 0 aromatic heterocycles. The highest BCUT2D eigenvalue weighted by atomic mass is 16.5. The van der Waals surface area contributed by atoms with Crippen molar-refractivity contribution in [3.63, 3.8) is 0 Å². The van der Waals surface area contributed by atoms with Crippen LogP contribution in [-0.4, -0.2) is 36.0 Å². The average Bonchev–Trinajstić information content (AvgIpc) is 2.90. The van der Waals surface area contributed by atoms with Crippen LogP contribution in [0, 0.1) is 0 Å². The molecule has 108 valence electrons. The van der Waals surface area contributed by atoms with Crippen LogP contribution in [0.1, 0.15) is 43.0 Å². The van der Waals surface area contributed by atoms with E-state index in [1.54, 1.807) is 17.0 Å². The van der Waals surface area contributed by atoms with Gasteiger partial charge in [-0.1, -0.05) is 31.5 Å². The minimum absolute atomic E-state index is 0.0723. The summed E-state index contributed by atoms with van der Waals surface area (Å²) >= 11 is 0. The normalized spacial score (nSPS) is 21.8. The Balaban J connectivity index is 2.26. The molecule has 0 unspecified atom stereocenters. The molecule has 1 aromatic carbocycles. The molecule has 2 atom stereocenters. The first-order valence-corrected chi connectivity index (χ1v) is 7.14. The van der Waals surface area contributed by atoms with Crippen LogP contribution in [0.25, 0.3) is 0 Å². The Kier molecular flexibility index (Phi) is 4.77. The number of hydrogen-bond acceptors (Lipinski definition) is 3. The molecule has 1 amide bonds. The van der Waals surface area contributed by atoms with Crippen LogP contribution < -0.4 is 0 Å². The zero-order chi connectivity index (χ0) is 14.5. The quantitative estimate of drug-likeness (QED) is 0.794. The molecule has 0 saturated carbocycles. The number of carbonyl (C=O) groups excluding carboxylic acids is 2. The van der Waals surface area contributed by atoms with Crippen molar-refractivity contribution in [3.8, 4) is 0 Å². The maximum Gasteiger partial charge on any atom is 0.328 e. The third-order valence-corrected chi connectivity index (χ3v) is 3.85. The molecule has 4 heteroatoms. The predicted molar refractivity (Wildman–Crippen MR) is 76.3 cm³/mol. The standard InChI is InChI=1S/C16H21NO3/c1-3-7-13-10-11-14(16(19)20-2)17(13)15(18)12-8-5-4-6-9-12/h4-6,8-9,13-14H,3,7,10-11H2,1-2H3/t13-,14-/m0/s1. The first-order valence-electron chi connectivity index (χ1n) is 7.14. The molecule has 0 radical (unpaired) electrons. The Morgan fingerprint density at radius 3 is 2.55 bits per heavy atom. The molecule has 1 saturated heterocycles. The summed E-state index contributed by atoms with van der Waals surface area (Å²) in [6.45, 7) is 2.09. The van der Waals surface area contributed by atoms with E-state index < -0.39 is 6.04 Å². The molecule has 1 aromatic rings. The van der Waals surface area contributed by atoms with Crippen LogP contribution in [0.3, 0.4) is 0 Å². The number of benzene rings is 1. The highest BCUT2D eigenvalue weighted by Gasteiger charge is 2.41. The van der Waals surface area contributed by atoms with Crippen LogP contribution in [0.2, 0.25) is 0 Å². The number of esters is 1. The third kappa shape index (κ3) is 2.84. The average molecular weight is 275 g/mol. The molecule has 20 heavy (non-hydrogen) atoms. The fraction of sp³-hybridized carbons (Fsp3) is 0.500. The molecule has 2 rings (SSSR count). The van der Waals surface area contributed by atoms with Crippen molar-refractivity contribution >= 4 is 11.9 Å². The lowest BCUT2D eigenvalue weighted by atomic mass is 10.1. The van der Waals surface area contributed by atoms with Crippen LogP contribution in [0.4, 0.5) is 0 Å². The van der Waals surface area contributed by atoms with E-state index in [4.69, 9.17) is 4.74 Å². The van der Waals surface area contributed by atoms with Crippen molar-refractivity contribution < 1.29 is 14.3 Å². The summed E-state index contributed by atoms with van der Waals surface area (Å²) in [5.74, 6) is -0.384. The number of nitrogens with zero attached hydrogens (tertiary/aromatic N) is 1. The van der Waals surface area contributed by atoms with E-state index in [1.807, 2.05) is 18.2 Å². The number of likely N-dealkylation sites (tertiary alicyclic amines) is 1. The van der Waals surface area contributed by atoms with Crippen LogP contribution in [-0.2, 0) is 9.53 Å². The van der Waals surface area contributed by atoms with E-state index >= 15 is 0 Å². The maximum absolute atomic E-state index is 12.7. The molecule has 1 aliphatic heterocycles. The van der Waals surface area contributed by atoms with Crippen molar-refractivity contribution in [2.24, 2.45) is 0 Å². The van der Waals surface area contributed by atoms with Gasteiger partial charge in [-0.25, -0.2) is 4.79 Å². The van der Waals surface area contributed by atoms with Gasteiger partial charge in [0.15, 0.2) is 0 Å². The Labute approximate surface area is 119 Å². The Morgan fingerprint density at radius 1 is 1.25 bits per heavy atom. The summed E-state index contributed by atoms with van der Waals surface area (Å²) in [6, 6.07) is 8.83. The third-order valence-electron chi connectivity index (χ3n) is 3.85. The monoisotopic (exact) mass is 275 g/mol. The number of ether oxygens (including phenoxy) is 1. The molecule has 0 spiro atoms. The van der Waals surface area contributed by atoms with Crippen LogP contribution in [0.5, 0.6) is 0 Å². The van der Waals surface area contributed by atoms with Crippen LogP contribution in [0.15, 0.2) is 30.3 Å². The molecular formula is C16H21NO3. The van der Waals surface area contributed by atoms with E-state index in [9.17, 15) is 9.59 Å². The van der Waals surface area contributed by atoms with Gasteiger partial charge in [-0.2, -0.15) is 0 Å². The summed E-state index contributed by atoms with van der Waals surface area (Å²) in [5.41, 5.74) is 0.629. The van der Waals surface area contributed by atoms with E-state index in [0.717, 1.165) is 19.3 Å². The van der Waals surface area contributed by atoms with Gasteiger partial charge in [0.05, 0.1) is 7.11 Å². The van der Waals surface area contributed by atoms with Gasteiger partial charge in [-0.15, -0.1) is 0 Å². The number of hydrogen-bond donors (Lipinski definition) is 0. The highest BCUT2D eigenvalue weighted by molar-refractivity contribution is 5.97. The van der Waals surface area contributed by atoms with Crippen molar-refractivity contribution in [2.45, 2.75) is 44.7 Å². The van der Waals surface area contributed by atoms with Crippen molar-refractivity contribution in [3.05, 3.63) is 35.9 Å². The summed E-state index contributed by atoms with van der Waals surface area (Å²) in [5, 5.41) is 0. The van der Waals surface area contributed by atoms with Crippen LogP contribution >= 0.6 is 0 Å². The minimum Gasteiger partial charge on any atom is -0.467 e. The lowest BCUT2D eigenvalue weighted by molar-refractivity contribution is -0.145. The van der Waals surface area contributed by atoms with Gasteiger partial charge in [0.25, 0.3) is 5.91 Å². The lowest BCUT2D eigenvalue weighted by Crippen LogP contribution is -2.45. The second kappa shape index (κ2) is 6.55. The van der Waals surface area contributed by atoms with Gasteiger partial charge >= 0.3 is 5.97 Å². The molecule has 1 heterocycles. The number of rotatable bonds is 4. The Hall–Kier alpha value is -1.84. The molecule has 0 bridgehead atoms. The Bertz CT molecular complexity index is 472. The smallest absolute Gasteiger partial charge is 0.328 e. The summed E-state index contributed by atoms with van der Waals surface area (Å²) in [6.07, 6.45) is 3.48. The van der Waals surface area contributed by atoms with Crippen molar-refractivity contribution in [2.75, 3.05) is 7.11 Å². The van der Waals surface area contributed by atoms with Gasteiger partial charge in [0.2, 0.25) is 0 Å². The minimum atomic E-state index is -0.441. The first kappa shape index (κ1) is 14.6. The molecule has 0 N–H and O–H groups in total. The van der Waals surface area contributed by atoms with E-state index in [2.05, 4.69) is 6.92 Å². The van der Waals surface area contributed by atoms with Gasteiger partial charge in [0, 0.05) is 11.6 Å². The maximum atomic E-state index is 12.7. The molecule has 0 aliphatic carbocycles. The summed E-state index contributed by atoms with van der Waals surface area (Å²) in [7, 11) is 1.38. The van der Waals surface area contributed by atoms with Gasteiger partial charge in [-0.05, 0) is 31.4 Å². The topological polar surface area (TPSA) is 46.6 Å². The second-order valence-corrected chi connectivity index (χ2v) is 5.14. The summed E-state index contributed by atoms with van der Waals surface area (Å²) in [4.78, 5) is 26.3.